The molecule has 1 heterocycles. The van der Waals surface area contributed by atoms with E-state index in [-0.39, 0.29) is 5.91 Å². The molecule has 1 amide bonds. The molecular weight excluding hydrogens is 492 g/mol. The molecule has 0 saturated heterocycles. The highest BCUT2D eigenvalue weighted by atomic mass is 79.9. The normalized spacial score (nSPS) is 11.1. The smallest absolute Gasteiger partial charge is 0.259 e. The van der Waals surface area contributed by atoms with Crippen molar-refractivity contribution >= 4 is 61.0 Å². The number of nitrogens with one attached hydrogen (secondary N) is 1. The van der Waals surface area contributed by atoms with Crippen LogP contribution in [0.4, 0.5) is 5.69 Å². The summed E-state index contributed by atoms with van der Waals surface area (Å²) in [7, 11) is 1.55. The van der Waals surface area contributed by atoms with Crippen molar-refractivity contribution in [2.45, 2.75) is 0 Å². The van der Waals surface area contributed by atoms with Crippen LogP contribution in [-0.2, 0) is 0 Å². The van der Waals surface area contributed by atoms with Crippen molar-refractivity contribution in [2.24, 2.45) is 0 Å². The van der Waals surface area contributed by atoms with Crippen LogP contribution in [0.15, 0.2) is 81.7 Å². The van der Waals surface area contributed by atoms with Crippen molar-refractivity contribution < 1.29 is 13.9 Å². The number of aromatic nitrogens is 1. The number of nitrogens with zero attached hydrogens (tertiary/aromatic N) is 1. The Labute approximate surface area is 197 Å². The molecule has 1 aromatic heterocycles. The second-order valence-corrected chi connectivity index (χ2v) is 8.39. The highest BCUT2D eigenvalue weighted by molar-refractivity contribution is 9.10. The van der Waals surface area contributed by atoms with Crippen molar-refractivity contribution in [3.63, 3.8) is 0 Å². The van der Waals surface area contributed by atoms with Crippen LogP contribution in [0.2, 0.25) is 5.02 Å². The fraction of sp³-hybridized carbons (Fsp3) is 0.0400. The monoisotopic (exact) mass is 506 g/mol. The number of anilines is 1. The molecule has 0 unspecified atom stereocenters. The van der Waals surface area contributed by atoms with E-state index in [1.54, 1.807) is 25.3 Å². The Morgan fingerprint density at radius 1 is 1.06 bits per heavy atom. The molecule has 4 aromatic carbocycles. The van der Waals surface area contributed by atoms with E-state index in [2.05, 4.69) is 26.2 Å². The number of hydrogen-bond donors (Lipinski definition) is 1. The minimum Gasteiger partial charge on any atom is -0.495 e. The number of halogens is 2. The minimum atomic E-state index is -0.283. The standard InChI is InChI=1S/C25H16BrClN2O3/c1-31-23-19(12-14-5-2-3-8-18(14)22(23)26)24(30)28-17-7-4-6-15(11-17)25-29-20-13-16(27)9-10-21(20)32-25/h2-13H,1H3,(H,28,30). The first-order valence-corrected chi connectivity index (χ1v) is 10.9. The van der Waals surface area contributed by atoms with Gasteiger partial charge in [0.1, 0.15) is 11.3 Å². The maximum atomic E-state index is 13.2. The Balaban J connectivity index is 1.49. The molecule has 5 aromatic rings. The Hall–Kier alpha value is -3.35. The zero-order valence-electron chi connectivity index (χ0n) is 16.9. The molecule has 0 fully saturated rings. The van der Waals surface area contributed by atoms with E-state index in [4.69, 9.17) is 20.8 Å². The molecule has 0 bridgehead atoms. The quantitative estimate of drug-likeness (QED) is 0.277. The zero-order chi connectivity index (χ0) is 22.2. The minimum absolute atomic E-state index is 0.283. The van der Waals surface area contributed by atoms with Crippen molar-refractivity contribution in [2.75, 3.05) is 12.4 Å². The highest BCUT2D eigenvalue weighted by Gasteiger charge is 2.19. The van der Waals surface area contributed by atoms with E-state index in [0.717, 1.165) is 20.8 Å². The first kappa shape index (κ1) is 20.5. The fourth-order valence-corrected chi connectivity index (χ4v) is 4.51. The molecule has 7 heteroatoms. The van der Waals surface area contributed by atoms with Crippen molar-refractivity contribution in [3.05, 3.63) is 87.9 Å². The van der Waals surface area contributed by atoms with Gasteiger partial charge in [-0.05, 0) is 69.2 Å². The first-order valence-electron chi connectivity index (χ1n) is 9.76. The molecule has 5 nitrogen and oxygen atoms in total. The number of rotatable bonds is 4. The van der Waals surface area contributed by atoms with E-state index in [0.29, 0.717) is 39.0 Å². The van der Waals surface area contributed by atoms with E-state index in [1.807, 2.05) is 54.6 Å². The molecule has 5 rings (SSSR count). The highest BCUT2D eigenvalue weighted by Crippen LogP contribution is 2.37. The maximum Gasteiger partial charge on any atom is 0.259 e. The summed E-state index contributed by atoms with van der Waals surface area (Å²) in [5, 5.41) is 5.44. The predicted octanol–water partition coefficient (Wildman–Crippen LogP) is 7.32. The van der Waals surface area contributed by atoms with Crippen LogP contribution < -0.4 is 10.1 Å². The van der Waals surface area contributed by atoms with Crippen LogP contribution in [0.1, 0.15) is 10.4 Å². The Morgan fingerprint density at radius 2 is 1.91 bits per heavy atom. The van der Waals surface area contributed by atoms with Gasteiger partial charge in [0.15, 0.2) is 5.58 Å². The largest absolute Gasteiger partial charge is 0.495 e. The number of benzene rings is 4. The number of fused-ring (bicyclic) bond motifs is 2. The molecule has 0 atom stereocenters. The molecule has 32 heavy (non-hydrogen) atoms. The number of methoxy groups -OCH3 is 1. The summed E-state index contributed by atoms with van der Waals surface area (Å²) in [6.45, 7) is 0. The van der Waals surface area contributed by atoms with Gasteiger partial charge in [-0.2, -0.15) is 0 Å². The van der Waals surface area contributed by atoms with Gasteiger partial charge in [0.25, 0.3) is 5.91 Å². The van der Waals surface area contributed by atoms with Gasteiger partial charge in [-0.25, -0.2) is 4.98 Å². The lowest BCUT2D eigenvalue weighted by molar-refractivity contribution is 0.102. The van der Waals surface area contributed by atoms with Crippen molar-refractivity contribution in [1.29, 1.82) is 0 Å². The fourth-order valence-electron chi connectivity index (χ4n) is 3.61. The van der Waals surface area contributed by atoms with Crippen LogP contribution >= 0.6 is 27.5 Å². The lowest BCUT2D eigenvalue weighted by Gasteiger charge is -2.14. The van der Waals surface area contributed by atoms with E-state index in [9.17, 15) is 4.79 Å². The van der Waals surface area contributed by atoms with Crippen LogP contribution in [0, 0.1) is 0 Å². The number of carbonyl (C=O) groups is 1. The molecule has 1 N–H and O–H groups in total. The predicted molar refractivity (Wildman–Crippen MR) is 131 cm³/mol. The van der Waals surface area contributed by atoms with Gasteiger partial charge in [-0.15, -0.1) is 0 Å². The summed E-state index contributed by atoms with van der Waals surface area (Å²) in [6, 6.07) is 22.2. The van der Waals surface area contributed by atoms with Gasteiger partial charge in [-0.3, -0.25) is 4.79 Å². The molecule has 0 radical (unpaired) electrons. The SMILES string of the molecule is COc1c(C(=O)Nc2cccc(-c3nc4cc(Cl)ccc4o3)c2)cc2ccccc2c1Br. The summed E-state index contributed by atoms with van der Waals surface area (Å²) in [6.07, 6.45) is 0. The Bertz CT molecular complexity index is 1500. The summed E-state index contributed by atoms with van der Waals surface area (Å²) < 4.78 is 12.1. The molecule has 158 valence electrons. The molecule has 0 aliphatic heterocycles. The van der Waals surface area contributed by atoms with Gasteiger partial charge in [-0.1, -0.05) is 41.9 Å². The first-order chi connectivity index (χ1) is 15.5. The van der Waals surface area contributed by atoms with Crippen LogP contribution in [0.3, 0.4) is 0 Å². The average Bonchev–Trinajstić information content (AvgIpc) is 3.22. The summed E-state index contributed by atoms with van der Waals surface area (Å²) in [4.78, 5) is 17.7. The number of amides is 1. The van der Waals surface area contributed by atoms with Gasteiger partial charge >= 0.3 is 0 Å². The van der Waals surface area contributed by atoms with Crippen molar-refractivity contribution in [1.82, 2.24) is 4.98 Å². The number of oxazole rings is 1. The van der Waals surface area contributed by atoms with E-state index >= 15 is 0 Å². The van der Waals surface area contributed by atoms with E-state index < -0.39 is 0 Å². The van der Waals surface area contributed by atoms with Crippen molar-refractivity contribution in [3.8, 4) is 17.2 Å². The third-order valence-corrected chi connectivity index (χ3v) is 6.13. The van der Waals surface area contributed by atoms with Gasteiger partial charge in [0, 0.05) is 16.3 Å². The lowest BCUT2D eigenvalue weighted by Crippen LogP contribution is -2.13. The Morgan fingerprint density at radius 3 is 2.75 bits per heavy atom. The van der Waals surface area contributed by atoms with E-state index in [1.165, 1.54) is 0 Å². The number of carbonyl (C=O) groups excluding carboxylic acids is 1. The summed E-state index contributed by atoms with van der Waals surface area (Å²) >= 11 is 9.62. The Kier molecular flexibility index (Phi) is 5.33. The van der Waals surface area contributed by atoms with Crippen LogP contribution in [-0.4, -0.2) is 18.0 Å². The van der Waals surface area contributed by atoms with Crippen LogP contribution in [0.25, 0.3) is 33.3 Å². The second-order valence-electron chi connectivity index (χ2n) is 7.16. The molecule has 0 spiro atoms. The third kappa shape index (κ3) is 3.72. The average molecular weight is 508 g/mol. The summed E-state index contributed by atoms with van der Waals surface area (Å²) in [5.41, 5.74) is 3.10. The van der Waals surface area contributed by atoms with Gasteiger partial charge in [0.05, 0.1) is 17.1 Å². The topological polar surface area (TPSA) is 64.4 Å². The third-order valence-electron chi connectivity index (χ3n) is 5.11. The summed E-state index contributed by atoms with van der Waals surface area (Å²) in [5.74, 6) is 0.646. The van der Waals surface area contributed by atoms with Gasteiger partial charge < -0.3 is 14.5 Å². The number of ether oxygens (including phenoxy) is 1. The van der Waals surface area contributed by atoms with Gasteiger partial charge in [0.2, 0.25) is 5.89 Å². The molecular formula is C25H16BrClN2O3. The second kappa shape index (κ2) is 8.30. The van der Waals surface area contributed by atoms with Crippen LogP contribution in [0.5, 0.6) is 5.75 Å². The number of hydrogen-bond acceptors (Lipinski definition) is 4. The molecule has 0 saturated carbocycles. The maximum absolute atomic E-state index is 13.2. The zero-order valence-corrected chi connectivity index (χ0v) is 19.2. The lowest BCUT2D eigenvalue weighted by atomic mass is 10.0. The molecule has 0 aliphatic carbocycles. The molecule has 0 aliphatic rings.